The molecule has 0 radical (unpaired) electrons. The van der Waals surface area contributed by atoms with Crippen LogP contribution in [-0.4, -0.2) is 30.0 Å². The largest absolute Gasteiger partial charge is 0.423 e. The number of aromatic nitrogens is 1. The van der Waals surface area contributed by atoms with E-state index in [-0.39, 0.29) is 6.03 Å². The van der Waals surface area contributed by atoms with Gasteiger partial charge >= 0.3 is 6.03 Å². The maximum atomic E-state index is 11.6. The quantitative estimate of drug-likeness (QED) is 0.750. The lowest BCUT2D eigenvalue weighted by Gasteiger charge is -2.12. The minimum atomic E-state index is -0.179. The van der Waals surface area contributed by atoms with Crippen LogP contribution in [0.4, 0.5) is 22.2 Å². The summed E-state index contributed by atoms with van der Waals surface area (Å²) in [7, 11) is 3.37. The first-order valence-corrected chi connectivity index (χ1v) is 7.30. The van der Waals surface area contributed by atoms with Gasteiger partial charge < -0.3 is 20.0 Å². The van der Waals surface area contributed by atoms with E-state index in [9.17, 15) is 4.79 Å². The van der Waals surface area contributed by atoms with E-state index in [1.807, 2.05) is 12.1 Å². The number of benzene rings is 2. The molecule has 3 aromatic rings. The van der Waals surface area contributed by atoms with Crippen LogP contribution in [0, 0.1) is 0 Å². The second-order valence-corrected chi connectivity index (χ2v) is 5.59. The monoisotopic (exact) mass is 330 g/mol. The van der Waals surface area contributed by atoms with Gasteiger partial charge in [-0.3, -0.25) is 0 Å². The van der Waals surface area contributed by atoms with Crippen molar-refractivity contribution in [1.82, 2.24) is 9.88 Å². The zero-order chi connectivity index (χ0) is 16.4. The Morgan fingerprint density at radius 1 is 1.13 bits per heavy atom. The van der Waals surface area contributed by atoms with Gasteiger partial charge in [-0.15, -0.1) is 0 Å². The zero-order valence-corrected chi connectivity index (χ0v) is 13.4. The zero-order valence-electron chi connectivity index (χ0n) is 12.6. The lowest BCUT2D eigenvalue weighted by molar-refractivity contribution is 0.230. The molecule has 118 valence electrons. The fourth-order valence-corrected chi connectivity index (χ4v) is 2.12. The predicted octanol–water partition coefficient (Wildman–Crippen LogP) is 4.32. The molecular formula is C16H15ClN4O2. The van der Waals surface area contributed by atoms with Crippen LogP contribution in [0.5, 0.6) is 0 Å². The van der Waals surface area contributed by atoms with E-state index < -0.39 is 0 Å². The maximum Gasteiger partial charge on any atom is 0.321 e. The van der Waals surface area contributed by atoms with E-state index in [2.05, 4.69) is 15.6 Å². The third-order valence-electron chi connectivity index (χ3n) is 3.14. The molecule has 3 rings (SSSR count). The van der Waals surface area contributed by atoms with Crippen molar-refractivity contribution in [2.24, 2.45) is 0 Å². The van der Waals surface area contributed by atoms with E-state index in [0.717, 1.165) is 5.69 Å². The predicted molar refractivity (Wildman–Crippen MR) is 91.4 cm³/mol. The summed E-state index contributed by atoms with van der Waals surface area (Å²) in [4.78, 5) is 17.4. The van der Waals surface area contributed by atoms with Crippen molar-refractivity contribution >= 4 is 46.1 Å². The molecule has 2 N–H and O–H groups in total. The highest BCUT2D eigenvalue weighted by atomic mass is 35.5. The van der Waals surface area contributed by atoms with E-state index in [4.69, 9.17) is 16.0 Å². The van der Waals surface area contributed by atoms with Crippen molar-refractivity contribution in [3.05, 3.63) is 47.5 Å². The van der Waals surface area contributed by atoms with Gasteiger partial charge in [0.05, 0.1) is 0 Å². The molecule has 1 heterocycles. The maximum absolute atomic E-state index is 11.6. The molecule has 0 saturated heterocycles. The smallest absolute Gasteiger partial charge is 0.321 e. The molecule has 0 bridgehead atoms. The summed E-state index contributed by atoms with van der Waals surface area (Å²) in [6, 6.07) is 12.7. The number of anilines is 3. The molecule has 2 aromatic carbocycles. The summed E-state index contributed by atoms with van der Waals surface area (Å²) in [5.41, 5.74) is 2.85. The van der Waals surface area contributed by atoms with Crippen molar-refractivity contribution in [1.29, 1.82) is 0 Å². The minimum absolute atomic E-state index is 0.179. The van der Waals surface area contributed by atoms with Crippen LogP contribution in [0.3, 0.4) is 0 Å². The van der Waals surface area contributed by atoms with Crippen molar-refractivity contribution in [2.75, 3.05) is 24.7 Å². The first-order valence-electron chi connectivity index (χ1n) is 6.93. The fourth-order valence-electron chi connectivity index (χ4n) is 1.95. The van der Waals surface area contributed by atoms with Gasteiger partial charge in [-0.2, -0.15) is 4.98 Å². The molecule has 0 fully saturated rings. The van der Waals surface area contributed by atoms with Crippen molar-refractivity contribution < 1.29 is 9.21 Å². The Kier molecular flexibility index (Phi) is 4.08. The number of amides is 2. The van der Waals surface area contributed by atoms with Gasteiger partial charge in [0.25, 0.3) is 6.01 Å². The summed E-state index contributed by atoms with van der Waals surface area (Å²) in [6.07, 6.45) is 0. The Bertz CT molecular complexity index is 843. The summed E-state index contributed by atoms with van der Waals surface area (Å²) in [5, 5.41) is 6.45. The SMILES string of the molecule is CN(C)C(=O)Nc1ccc(Nc2nc3cc(Cl)ccc3o2)cc1. The van der Waals surface area contributed by atoms with Crippen LogP contribution >= 0.6 is 11.6 Å². The number of fused-ring (bicyclic) bond motifs is 1. The normalized spacial score (nSPS) is 10.6. The number of oxazole rings is 1. The highest BCUT2D eigenvalue weighted by Gasteiger charge is 2.07. The van der Waals surface area contributed by atoms with Gasteiger partial charge in [-0.25, -0.2) is 4.79 Å². The van der Waals surface area contributed by atoms with Crippen LogP contribution in [0.2, 0.25) is 5.02 Å². The molecule has 23 heavy (non-hydrogen) atoms. The Balaban J connectivity index is 1.73. The van der Waals surface area contributed by atoms with Crippen LogP contribution in [-0.2, 0) is 0 Å². The number of nitrogens with one attached hydrogen (secondary N) is 2. The molecule has 0 aliphatic heterocycles. The number of urea groups is 1. The number of carbonyl (C=O) groups excluding carboxylic acids is 1. The Hall–Kier alpha value is -2.73. The topological polar surface area (TPSA) is 70.4 Å². The van der Waals surface area contributed by atoms with Crippen molar-refractivity contribution in [3.8, 4) is 0 Å². The van der Waals surface area contributed by atoms with Gasteiger partial charge in [0, 0.05) is 30.5 Å². The van der Waals surface area contributed by atoms with Gasteiger partial charge in [0.1, 0.15) is 5.52 Å². The van der Waals surface area contributed by atoms with Crippen molar-refractivity contribution in [2.45, 2.75) is 0 Å². The third kappa shape index (κ3) is 3.54. The number of halogens is 1. The molecule has 2 amide bonds. The Labute approximate surface area is 138 Å². The van der Waals surface area contributed by atoms with Crippen LogP contribution in [0.15, 0.2) is 46.9 Å². The van der Waals surface area contributed by atoms with E-state index in [1.165, 1.54) is 4.90 Å². The average molecular weight is 331 g/mol. The number of carbonyl (C=O) groups is 1. The van der Waals surface area contributed by atoms with Crippen LogP contribution in [0.1, 0.15) is 0 Å². The molecule has 1 aromatic heterocycles. The molecule has 0 spiro atoms. The Morgan fingerprint density at radius 2 is 1.83 bits per heavy atom. The van der Waals surface area contributed by atoms with Gasteiger partial charge in [-0.05, 0) is 42.5 Å². The Morgan fingerprint density at radius 3 is 2.52 bits per heavy atom. The first kappa shape index (κ1) is 15.2. The molecule has 0 unspecified atom stereocenters. The molecule has 6 nitrogen and oxygen atoms in total. The van der Waals surface area contributed by atoms with E-state index in [0.29, 0.717) is 27.8 Å². The number of hydrogen-bond donors (Lipinski definition) is 2. The third-order valence-corrected chi connectivity index (χ3v) is 3.38. The van der Waals surface area contributed by atoms with Gasteiger partial charge in [0.15, 0.2) is 5.58 Å². The number of nitrogens with zero attached hydrogens (tertiary/aromatic N) is 2. The molecule has 7 heteroatoms. The van der Waals surface area contributed by atoms with Crippen LogP contribution < -0.4 is 10.6 Å². The standard InChI is InChI=1S/C16H15ClN4O2/c1-21(2)16(22)19-12-6-4-11(5-7-12)18-15-20-13-9-10(17)3-8-14(13)23-15/h3-9H,1-2H3,(H,18,20)(H,19,22). The molecule has 0 saturated carbocycles. The highest BCUT2D eigenvalue weighted by Crippen LogP contribution is 2.25. The fraction of sp³-hybridized carbons (Fsp3) is 0.125. The van der Waals surface area contributed by atoms with Crippen molar-refractivity contribution in [3.63, 3.8) is 0 Å². The number of rotatable bonds is 3. The molecule has 0 atom stereocenters. The van der Waals surface area contributed by atoms with Crippen LogP contribution in [0.25, 0.3) is 11.1 Å². The molecule has 0 aliphatic rings. The highest BCUT2D eigenvalue weighted by molar-refractivity contribution is 6.31. The van der Waals surface area contributed by atoms with E-state index in [1.54, 1.807) is 44.4 Å². The second kappa shape index (κ2) is 6.18. The lowest BCUT2D eigenvalue weighted by Crippen LogP contribution is -2.27. The summed E-state index contributed by atoms with van der Waals surface area (Å²) >= 11 is 5.93. The number of hydrogen-bond acceptors (Lipinski definition) is 4. The summed E-state index contributed by atoms with van der Waals surface area (Å²) < 4.78 is 5.60. The van der Waals surface area contributed by atoms with Gasteiger partial charge in [0.2, 0.25) is 0 Å². The molecular weight excluding hydrogens is 316 g/mol. The second-order valence-electron chi connectivity index (χ2n) is 5.16. The molecule has 0 aliphatic carbocycles. The summed E-state index contributed by atoms with van der Waals surface area (Å²) in [5.74, 6) is 0. The summed E-state index contributed by atoms with van der Waals surface area (Å²) in [6.45, 7) is 0. The van der Waals surface area contributed by atoms with Gasteiger partial charge in [-0.1, -0.05) is 11.6 Å². The van der Waals surface area contributed by atoms with E-state index >= 15 is 0 Å². The average Bonchev–Trinajstić information content (AvgIpc) is 2.90. The lowest BCUT2D eigenvalue weighted by atomic mass is 10.3. The first-order chi connectivity index (χ1) is 11.0. The minimum Gasteiger partial charge on any atom is -0.423 e.